The van der Waals surface area contributed by atoms with E-state index in [1.54, 1.807) is 18.2 Å². The van der Waals surface area contributed by atoms with E-state index in [1.807, 2.05) is 0 Å². The van der Waals surface area contributed by atoms with E-state index >= 15 is 0 Å². The van der Waals surface area contributed by atoms with Gasteiger partial charge in [0.1, 0.15) is 36.6 Å². The van der Waals surface area contributed by atoms with Gasteiger partial charge in [0.05, 0.1) is 38.1 Å². The molecule has 0 aromatic heterocycles. The standard InChI is InChI=1S/C26H34O13/c1-25(32)11-17(27)26(33)8-9-36-24(22(25)26)39-23-21(31)20(30)19(29)16(38-23)12-37-18(28)7-5-13-4-6-14(34-2)15(10-13)35-3/h4-10,16-17,19-24,27,29-33H,11-12H2,1-3H3/t16-,17+,19-,20+,21-,22+,23+,24-,25-,26+/m1/s1. The minimum Gasteiger partial charge on any atom is -0.493 e. The number of methoxy groups -OCH3 is 2. The van der Waals surface area contributed by atoms with Crippen molar-refractivity contribution in [3.8, 4) is 11.5 Å². The van der Waals surface area contributed by atoms with Crippen LogP contribution in [0.15, 0.2) is 36.6 Å². The van der Waals surface area contributed by atoms with Crippen LogP contribution in [0.3, 0.4) is 0 Å². The lowest BCUT2D eigenvalue weighted by molar-refractivity contribution is -0.351. The van der Waals surface area contributed by atoms with Crippen LogP contribution in [-0.2, 0) is 23.7 Å². The molecule has 1 saturated heterocycles. The Morgan fingerprint density at radius 1 is 1.05 bits per heavy atom. The first-order chi connectivity index (χ1) is 18.4. The highest BCUT2D eigenvalue weighted by Crippen LogP contribution is 2.49. The maximum atomic E-state index is 12.3. The second kappa shape index (κ2) is 11.4. The third-order valence-electron chi connectivity index (χ3n) is 7.27. The summed E-state index contributed by atoms with van der Waals surface area (Å²) in [4.78, 5) is 12.3. The molecule has 0 radical (unpaired) electrons. The fourth-order valence-corrected chi connectivity index (χ4v) is 5.16. The summed E-state index contributed by atoms with van der Waals surface area (Å²) in [6.07, 6.45) is -6.02. The van der Waals surface area contributed by atoms with Crippen LogP contribution in [0, 0.1) is 5.92 Å². The van der Waals surface area contributed by atoms with Crippen LogP contribution in [0.2, 0.25) is 0 Å². The number of carbonyl (C=O) groups is 1. The van der Waals surface area contributed by atoms with Gasteiger partial charge >= 0.3 is 5.97 Å². The van der Waals surface area contributed by atoms with E-state index in [0.29, 0.717) is 17.1 Å². The minimum absolute atomic E-state index is 0.174. The zero-order chi connectivity index (χ0) is 28.5. The fourth-order valence-electron chi connectivity index (χ4n) is 5.16. The van der Waals surface area contributed by atoms with Crippen molar-refractivity contribution in [3.05, 3.63) is 42.2 Å². The first-order valence-electron chi connectivity index (χ1n) is 12.3. The Hall–Kier alpha value is -2.75. The number of rotatable bonds is 8. The summed E-state index contributed by atoms with van der Waals surface area (Å²) in [6.45, 7) is 0.890. The van der Waals surface area contributed by atoms with E-state index < -0.39 is 72.8 Å². The third kappa shape index (κ3) is 5.76. The first-order valence-corrected chi connectivity index (χ1v) is 12.3. The maximum absolute atomic E-state index is 12.3. The van der Waals surface area contributed by atoms with Crippen LogP contribution in [0.1, 0.15) is 18.9 Å². The van der Waals surface area contributed by atoms with Gasteiger partial charge in [0, 0.05) is 12.5 Å². The lowest BCUT2D eigenvalue weighted by atomic mass is 9.81. The van der Waals surface area contributed by atoms with Crippen molar-refractivity contribution < 1.29 is 63.9 Å². The predicted octanol–water partition coefficient (Wildman–Crippen LogP) is -1.18. The normalized spacial score (nSPS) is 39.7. The molecule has 216 valence electrons. The van der Waals surface area contributed by atoms with Gasteiger partial charge in [-0.3, -0.25) is 0 Å². The van der Waals surface area contributed by atoms with Gasteiger partial charge in [0.15, 0.2) is 17.8 Å². The van der Waals surface area contributed by atoms with Crippen molar-refractivity contribution in [2.75, 3.05) is 20.8 Å². The molecular weight excluding hydrogens is 520 g/mol. The van der Waals surface area contributed by atoms with E-state index in [-0.39, 0.29) is 6.42 Å². The van der Waals surface area contributed by atoms with Gasteiger partial charge in [0.2, 0.25) is 6.29 Å². The quantitative estimate of drug-likeness (QED) is 0.166. The van der Waals surface area contributed by atoms with Gasteiger partial charge in [-0.15, -0.1) is 0 Å². The molecule has 39 heavy (non-hydrogen) atoms. The summed E-state index contributed by atoms with van der Waals surface area (Å²) >= 11 is 0. The highest BCUT2D eigenvalue weighted by molar-refractivity contribution is 5.87. The number of benzene rings is 1. The molecule has 4 rings (SSSR count). The Kier molecular flexibility index (Phi) is 8.54. The number of aliphatic hydroxyl groups is 6. The third-order valence-corrected chi connectivity index (χ3v) is 7.27. The van der Waals surface area contributed by atoms with E-state index in [0.717, 1.165) is 12.3 Å². The summed E-state index contributed by atoms with van der Waals surface area (Å²) in [6, 6.07) is 5.02. The molecule has 2 aliphatic heterocycles. The molecule has 0 bridgehead atoms. The van der Waals surface area contributed by atoms with Crippen molar-refractivity contribution in [1.82, 2.24) is 0 Å². The second-order valence-corrected chi connectivity index (χ2v) is 9.98. The van der Waals surface area contributed by atoms with Gasteiger partial charge in [-0.1, -0.05) is 6.07 Å². The number of hydrogen-bond donors (Lipinski definition) is 6. The van der Waals surface area contributed by atoms with E-state index in [1.165, 1.54) is 33.3 Å². The van der Waals surface area contributed by atoms with E-state index in [9.17, 15) is 35.4 Å². The van der Waals surface area contributed by atoms with Gasteiger partial charge in [0.25, 0.3) is 0 Å². The molecule has 13 nitrogen and oxygen atoms in total. The van der Waals surface area contributed by atoms with Crippen LogP contribution in [0.5, 0.6) is 11.5 Å². The van der Waals surface area contributed by atoms with Crippen molar-refractivity contribution in [3.63, 3.8) is 0 Å². The molecule has 0 amide bonds. The molecule has 0 unspecified atom stereocenters. The minimum atomic E-state index is -1.88. The van der Waals surface area contributed by atoms with Crippen molar-refractivity contribution in [1.29, 1.82) is 0 Å². The zero-order valence-electron chi connectivity index (χ0n) is 21.6. The van der Waals surface area contributed by atoms with Crippen molar-refractivity contribution >= 4 is 12.0 Å². The maximum Gasteiger partial charge on any atom is 0.330 e. The predicted molar refractivity (Wildman–Crippen MR) is 131 cm³/mol. The van der Waals surface area contributed by atoms with E-state index in [2.05, 4.69) is 0 Å². The van der Waals surface area contributed by atoms with Crippen LogP contribution in [0.4, 0.5) is 0 Å². The molecule has 3 aliphatic rings. The average molecular weight is 555 g/mol. The smallest absolute Gasteiger partial charge is 0.330 e. The van der Waals surface area contributed by atoms with E-state index in [4.69, 9.17) is 28.4 Å². The Labute approximate surface area is 224 Å². The molecule has 1 aromatic carbocycles. The van der Waals surface area contributed by atoms with Crippen molar-refractivity contribution in [2.24, 2.45) is 5.92 Å². The number of ether oxygens (including phenoxy) is 6. The number of carbonyl (C=O) groups excluding carboxylic acids is 1. The molecule has 1 saturated carbocycles. The van der Waals surface area contributed by atoms with Gasteiger partial charge in [-0.25, -0.2) is 4.79 Å². The number of fused-ring (bicyclic) bond motifs is 1. The zero-order valence-corrected chi connectivity index (χ0v) is 21.6. The fraction of sp³-hybridized carbons (Fsp3) is 0.577. The molecular formula is C26H34O13. The largest absolute Gasteiger partial charge is 0.493 e. The molecule has 6 N–H and O–H groups in total. The molecule has 1 aromatic rings. The summed E-state index contributed by atoms with van der Waals surface area (Å²) in [5.74, 6) is -0.969. The number of esters is 1. The molecule has 2 fully saturated rings. The monoisotopic (exact) mass is 554 g/mol. The molecule has 13 heteroatoms. The lowest BCUT2D eigenvalue weighted by Gasteiger charge is -2.45. The van der Waals surface area contributed by atoms with Crippen molar-refractivity contribution in [2.45, 2.75) is 67.6 Å². The Morgan fingerprint density at radius 3 is 2.46 bits per heavy atom. The summed E-state index contributed by atoms with van der Waals surface area (Å²) < 4.78 is 32.2. The average Bonchev–Trinajstić information content (AvgIpc) is 3.10. The Balaban J connectivity index is 1.39. The Morgan fingerprint density at radius 2 is 1.77 bits per heavy atom. The SMILES string of the molecule is COc1ccc(C=CC(=O)OC[C@H]2O[C@@H](O[C@H]3OC=C[C@@]4(O)[C@@H]3[C@](C)(O)C[C@@H]4O)[C@H](O)[C@@H](O)[C@@H]2O)cc1OC. The second-order valence-electron chi connectivity index (χ2n) is 9.98. The lowest BCUT2D eigenvalue weighted by Crippen LogP contribution is -2.62. The van der Waals surface area contributed by atoms with Crippen LogP contribution < -0.4 is 9.47 Å². The van der Waals surface area contributed by atoms with Crippen LogP contribution >= 0.6 is 0 Å². The highest BCUT2D eigenvalue weighted by Gasteiger charge is 2.64. The van der Waals surface area contributed by atoms with Crippen LogP contribution in [0.25, 0.3) is 6.08 Å². The van der Waals surface area contributed by atoms with Gasteiger partial charge in [-0.2, -0.15) is 0 Å². The summed E-state index contributed by atoms with van der Waals surface area (Å²) in [5, 5.41) is 63.3. The molecule has 10 atom stereocenters. The summed E-state index contributed by atoms with van der Waals surface area (Å²) in [7, 11) is 2.98. The topological polar surface area (TPSA) is 194 Å². The summed E-state index contributed by atoms with van der Waals surface area (Å²) in [5.41, 5.74) is -2.87. The number of aliphatic hydroxyl groups excluding tert-OH is 4. The molecule has 1 aliphatic carbocycles. The molecule has 2 heterocycles. The van der Waals surface area contributed by atoms with Gasteiger partial charge < -0.3 is 59.1 Å². The number of hydrogen-bond acceptors (Lipinski definition) is 13. The molecule has 0 spiro atoms. The van der Waals surface area contributed by atoms with Crippen LogP contribution in [-0.4, -0.2) is 112 Å². The Bertz CT molecular complexity index is 1090. The van der Waals surface area contributed by atoms with Gasteiger partial charge in [-0.05, 0) is 36.8 Å². The first kappa shape index (κ1) is 29.2. The highest BCUT2D eigenvalue weighted by atomic mass is 16.8.